The molecule has 6 nitrogen and oxygen atoms in total. The number of hydrogen-bond acceptors (Lipinski definition) is 4. The molecule has 0 saturated carbocycles. The van der Waals surface area contributed by atoms with Crippen LogP contribution in [0.25, 0.3) is 0 Å². The van der Waals surface area contributed by atoms with Gasteiger partial charge in [-0.3, -0.25) is 14.5 Å². The number of nitrogens with zero attached hydrogens (tertiary/aromatic N) is 2. The molecule has 0 spiro atoms. The Labute approximate surface area is 150 Å². The number of benzene rings is 1. The quantitative estimate of drug-likeness (QED) is 0.792. The first-order valence-electron chi connectivity index (χ1n) is 8.09. The molecule has 2 N–H and O–H groups in total. The lowest BCUT2D eigenvalue weighted by molar-refractivity contribution is -0.135. The van der Waals surface area contributed by atoms with Crippen LogP contribution < -0.4 is 5.32 Å². The van der Waals surface area contributed by atoms with E-state index in [-0.39, 0.29) is 24.5 Å². The van der Waals surface area contributed by atoms with Crippen LogP contribution in [-0.2, 0) is 9.59 Å². The molecule has 1 aromatic carbocycles. The number of likely N-dealkylation sites (N-methyl/N-ethyl adjacent to an activating group) is 1. The fraction of sp³-hybridized carbons (Fsp3) is 0.529. The molecule has 2 rings (SSSR count). The Kier molecular flexibility index (Phi) is 6.77. The summed E-state index contributed by atoms with van der Waals surface area (Å²) in [6, 6.07) is 6.96. The van der Waals surface area contributed by atoms with Gasteiger partial charge < -0.3 is 15.3 Å². The summed E-state index contributed by atoms with van der Waals surface area (Å²) in [6.45, 7) is 3.11. The predicted octanol–water partition coefficient (Wildman–Crippen LogP) is 1.69. The second kappa shape index (κ2) is 8.60. The first kappa shape index (κ1) is 18.9. The van der Waals surface area contributed by atoms with Crippen LogP contribution in [0.4, 0.5) is 5.69 Å². The first-order valence-corrected chi connectivity index (χ1v) is 8.88. The lowest BCUT2D eigenvalue weighted by Crippen LogP contribution is -2.48. The molecule has 0 radical (unpaired) electrons. The second-order valence-electron chi connectivity index (χ2n) is 6.20. The standard InChI is InChI=1S/C17H24BrN3O3/c1-12(17(24)19-14-5-3-4-13(18)10-14)20(2)11-16(23)21-8-6-15(22)7-9-21/h3-5,10,12,15,22H,6-9,11H2,1-2H3,(H,19,24). The van der Waals surface area contributed by atoms with Gasteiger partial charge in [0, 0.05) is 23.2 Å². The van der Waals surface area contributed by atoms with Crippen molar-refractivity contribution in [2.45, 2.75) is 31.9 Å². The lowest BCUT2D eigenvalue weighted by Gasteiger charge is -2.32. The molecule has 1 unspecified atom stereocenters. The average molecular weight is 398 g/mol. The largest absolute Gasteiger partial charge is 0.393 e. The van der Waals surface area contributed by atoms with E-state index < -0.39 is 6.04 Å². The molecule has 0 aromatic heterocycles. The Morgan fingerprint density at radius 2 is 2.08 bits per heavy atom. The maximum absolute atomic E-state index is 12.3. The molecule has 1 fully saturated rings. The summed E-state index contributed by atoms with van der Waals surface area (Å²) in [6.07, 6.45) is 0.935. The number of rotatable bonds is 5. The Morgan fingerprint density at radius 1 is 1.42 bits per heavy atom. The number of piperidine rings is 1. The van der Waals surface area contributed by atoms with Crippen LogP contribution in [0.2, 0.25) is 0 Å². The van der Waals surface area contributed by atoms with E-state index in [1.165, 1.54) is 0 Å². The van der Waals surface area contributed by atoms with Gasteiger partial charge in [0.05, 0.1) is 18.7 Å². The minimum atomic E-state index is -0.427. The number of halogens is 1. The van der Waals surface area contributed by atoms with E-state index in [2.05, 4.69) is 21.2 Å². The molecule has 1 aliphatic rings. The molecule has 1 aromatic rings. The maximum Gasteiger partial charge on any atom is 0.241 e. The van der Waals surface area contributed by atoms with Crippen LogP contribution in [0.15, 0.2) is 28.7 Å². The number of aliphatic hydroxyl groups is 1. The van der Waals surface area contributed by atoms with Crippen molar-refractivity contribution < 1.29 is 14.7 Å². The Balaban J connectivity index is 1.85. The summed E-state index contributed by atoms with van der Waals surface area (Å²) >= 11 is 3.37. The molecule has 1 heterocycles. The van der Waals surface area contributed by atoms with Gasteiger partial charge in [0.2, 0.25) is 11.8 Å². The summed E-state index contributed by atoms with van der Waals surface area (Å²) in [4.78, 5) is 28.1. The molecule has 132 valence electrons. The van der Waals surface area contributed by atoms with Gasteiger partial charge in [-0.15, -0.1) is 0 Å². The second-order valence-corrected chi connectivity index (χ2v) is 7.12. The average Bonchev–Trinajstić information content (AvgIpc) is 2.54. The zero-order valence-corrected chi connectivity index (χ0v) is 15.6. The van der Waals surface area contributed by atoms with Crippen LogP contribution in [0, 0.1) is 0 Å². The van der Waals surface area contributed by atoms with Gasteiger partial charge in [-0.2, -0.15) is 0 Å². The number of carbonyl (C=O) groups excluding carboxylic acids is 2. The number of amides is 2. The number of hydrogen-bond donors (Lipinski definition) is 2. The lowest BCUT2D eigenvalue weighted by atomic mass is 10.1. The predicted molar refractivity (Wildman–Crippen MR) is 96.7 cm³/mol. The normalized spacial score (nSPS) is 17.0. The van der Waals surface area contributed by atoms with Gasteiger partial charge in [-0.1, -0.05) is 22.0 Å². The van der Waals surface area contributed by atoms with Crippen molar-refractivity contribution in [2.75, 3.05) is 32.0 Å². The molecule has 0 aliphatic carbocycles. The van der Waals surface area contributed by atoms with Crippen molar-refractivity contribution in [3.05, 3.63) is 28.7 Å². The topological polar surface area (TPSA) is 72.9 Å². The third-order valence-corrected chi connectivity index (χ3v) is 4.83. The highest BCUT2D eigenvalue weighted by atomic mass is 79.9. The van der Waals surface area contributed by atoms with Gasteiger partial charge in [0.1, 0.15) is 0 Å². The Hall–Kier alpha value is -1.44. The number of nitrogens with one attached hydrogen (secondary N) is 1. The van der Waals surface area contributed by atoms with Crippen molar-refractivity contribution in [3.63, 3.8) is 0 Å². The molecule has 7 heteroatoms. The summed E-state index contributed by atoms with van der Waals surface area (Å²) in [5.41, 5.74) is 0.714. The molecular weight excluding hydrogens is 374 g/mol. The summed E-state index contributed by atoms with van der Waals surface area (Å²) < 4.78 is 0.892. The van der Waals surface area contributed by atoms with Gasteiger partial charge in [-0.25, -0.2) is 0 Å². The Bertz CT molecular complexity index is 588. The summed E-state index contributed by atoms with van der Waals surface area (Å²) in [5, 5.41) is 12.4. The van der Waals surface area contributed by atoms with E-state index in [4.69, 9.17) is 0 Å². The van der Waals surface area contributed by atoms with Crippen LogP contribution in [0.1, 0.15) is 19.8 Å². The van der Waals surface area contributed by atoms with Crippen molar-refractivity contribution in [1.29, 1.82) is 0 Å². The minimum absolute atomic E-state index is 0.00787. The van der Waals surface area contributed by atoms with Crippen LogP contribution in [0.3, 0.4) is 0 Å². The molecule has 2 amide bonds. The zero-order chi connectivity index (χ0) is 17.7. The first-order chi connectivity index (χ1) is 11.4. The maximum atomic E-state index is 12.3. The highest BCUT2D eigenvalue weighted by molar-refractivity contribution is 9.10. The highest BCUT2D eigenvalue weighted by Crippen LogP contribution is 2.16. The fourth-order valence-corrected chi connectivity index (χ4v) is 2.98. The van der Waals surface area contributed by atoms with E-state index in [9.17, 15) is 14.7 Å². The van der Waals surface area contributed by atoms with Crippen LogP contribution >= 0.6 is 15.9 Å². The number of carbonyl (C=O) groups is 2. The van der Waals surface area contributed by atoms with Gasteiger partial charge >= 0.3 is 0 Å². The van der Waals surface area contributed by atoms with Crippen molar-refractivity contribution in [1.82, 2.24) is 9.80 Å². The van der Waals surface area contributed by atoms with Gasteiger partial charge in [0.25, 0.3) is 0 Å². The summed E-state index contributed by atoms with van der Waals surface area (Å²) in [5.74, 6) is -0.163. The zero-order valence-electron chi connectivity index (χ0n) is 14.0. The smallest absolute Gasteiger partial charge is 0.241 e. The monoisotopic (exact) mass is 397 g/mol. The molecule has 1 saturated heterocycles. The summed E-state index contributed by atoms with van der Waals surface area (Å²) in [7, 11) is 1.77. The number of anilines is 1. The highest BCUT2D eigenvalue weighted by Gasteiger charge is 2.25. The molecule has 24 heavy (non-hydrogen) atoms. The van der Waals surface area contributed by atoms with E-state index in [0.717, 1.165) is 4.47 Å². The minimum Gasteiger partial charge on any atom is -0.393 e. The van der Waals surface area contributed by atoms with Crippen LogP contribution in [0.5, 0.6) is 0 Å². The third kappa shape index (κ3) is 5.29. The van der Waals surface area contributed by atoms with E-state index in [1.807, 2.05) is 24.3 Å². The molecular formula is C17H24BrN3O3. The van der Waals surface area contributed by atoms with Crippen LogP contribution in [-0.4, -0.2) is 65.5 Å². The SMILES string of the molecule is CC(C(=O)Nc1cccc(Br)c1)N(C)CC(=O)N1CCC(O)CC1. The molecule has 0 bridgehead atoms. The molecule has 1 aliphatic heterocycles. The fourth-order valence-electron chi connectivity index (χ4n) is 2.58. The third-order valence-electron chi connectivity index (χ3n) is 4.33. The van der Waals surface area contributed by atoms with E-state index >= 15 is 0 Å². The van der Waals surface area contributed by atoms with Gasteiger partial charge in [-0.05, 0) is 45.0 Å². The number of aliphatic hydroxyl groups excluding tert-OH is 1. The van der Waals surface area contributed by atoms with Crippen molar-refractivity contribution >= 4 is 33.4 Å². The van der Waals surface area contributed by atoms with Gasteiger partial charge in [0.15, 0.2) is 0 Å². The van der Waals surface area contributed by atoms with E-state index in [0.29, 0.717) is 31.6 Å². The Morgan fingerprint density at radius 3 is 2.71 bits per heavy atom. The number of likely N-dealkylation sites (tertiary alicyclic amines) is 1. The van der Waals surface area contributed by atoms with E-state index in [1.54, 1.807) is 23.8 Å². The van der Waals surface area contributed by atoms with Crippen molar-refractivity contribution in [2.24, 2.45) is 0 Å². The van der Waals surface area contributed by atoms with Crippen molar-refractivity contribution in [3.8, 4) is 0 Å². The molecule has 1 atom stereocenters.